The molecule has 0 spiro atoms. The maximum atomic E-state index is 12.5. The van der Waals surface area contributed by atoms with E-state index in [1.54, 1.807) is 0 Å². The topological polar surface area (TPSA) is 38.9 Å². The van der Waals surface area contributed by atoms with E-state index in [0.717, 1.165) is 18.6 Å². The summed E-state index contributed by atoms with van der Waals surface area (Å²) >= 11 is 0. The maximum absolute atomic E-state index is 12.5. The quantitative estimate of drug-likeness (QED) is 0.818. The third kappa shape index (κ3) is 3.83. The summed E-state index contributed by atoms with van der Waals surface area (Å²) in [7, 11) is 0. The summed E-state index contributed by atoms with van der Waals surface area (Å²) in [6.07, 6.45) is -2.74. The first-order valence-electron chi connectivity index (χ1n) is 6.71. The lowest BCUT2D eigenvalue weighted by molar-refractivity contribution is -0.137. The molecule has 0 saturated carbocycles. The van der Waals surface area contributed by atoms with E-state index in [2.05, 4.69) is 31.0 Å². The molecule has 0 aliphatic carbocycles. The molecule has 114 valence electrons. The number of nitrogens with zero attached hydrogens (tertiary/aromatic N) is 2. The highest BCUT2D eigenvalue weighted by Gasteiger charge is 2.30. The molecule has 1 aromatic heterocycles. The monoisotopic (exact) mass is 298 g/mol. The van der Waals surface area contributed by atoms with E-state index < -0.39 is 11.7 Å². The van der Waals surface area contributed by atoms with Crippen LogP contribution in [-0.4, -0.2) is 10.2 Å². The van der Waals surface area contributed by atoms with Gasteiger partial charge in [-0.1, -0.05) is 27.2 Å². The van der Waals surface area contributed by atoms with E-state index in [1.165, 1.54) is 12.1 Å². The normalized spacial score (nSPS) is 12.7. The Morgan fingerprint density at radius 3 is 2.19 bits per heavy atom. The molecule has 0 fully saturated rings. The molecule has 6 heteroatoms. The van der Waals surface area contributed by atoms with Gasteiger partial charge < -0.3 is 4.42 Å². The highest BCUT2D eigenvalue weighted by Crippen LogP contribution is 2.31. The van der Waals surface area contributed by atoms with Gasteiger partial charge in [-0.2, -0.15) is 13.2 Å². The number of halogens is 3. The molecule has 0 amide bonds. The molecule has 0 radical (unpaired) electrons. The Balaban J connectivity index is 2.18. The fraction of sp³-hybridized carbons (Fsp3) is 0.467. The zero-order valence-corrected chi connectivity index (χ0v) is 12.2. The molecule has 1 aromatic carbocycles. The first-order chi connectivity index (χ1) is 9.71. The minimum Gasteiger partial charge on any atom is -0.421 e. The summed E-state index contributed by atoms with van der Waals surface area (Å²) in [5, 5.41) is 7.86. The summed E-state index contributed by atoms with van der Waals surface area (Å²) in [5.74, 6) is 0.738. The predicted molar refractivity (Wildman–Crippen MR) is 72.5 cm³/mol. The van der Waals surface area contributed by atoms with Crippen LogP contribution in [-0.2, 0) is 12.6 Å². The highest BCUT2D eigenvalue weighted by atomic mass is 19.4. The Bertz CT molecular complexity index is 600. The van der Waals surface area contributed by atoms with Crippen LogP contribution in [0.4, 0.5) is 13.2 Å². The van der Waals surface area contributed by atoms with Crippen LogP contribution >= 0.6 is 0 Å². The van der Waals surface area contributed by atoms with E-state index in [0.29, 0.717) is 17.9 Å². The Morgan fingerprint density at radius 1 is 1.05 bits per heavy atom. The van der Waals surface area contributed by atoms with Gasteiger partial charge in [0.25, 0.3) is 0 Å². The number of benzene rings is 1. The summed E-state index contributed by atoms with van der Waals surface area (Å²) in [4.78, 5) is 0. The van der Waals surface area contributed by atoms with Gasteiger partial charge in [-0.3, -0.25) is 0 Å². The smallest absolute Gasteiger partial charge is 0.416 e. The summed E-state index contributed by atoms with van der Waals surface area (Å²) < 4.78 is 43.0. The standard InChI is InChI=1S/C15H17F3N2O/c1-4-14(2,3)9-12-19-20-13(21-12)10-5-7-11(8-6-10)15(16,17)18/h5-8H,4,9H2,1-3H3. The Hall–Kier alpha value is -1.85. The molecule has 0 bridgehead atoms. The third-order valence-electron chi connectivity index (χ3n) is 3.51. The van der Waals surface area contributed by atoms with Crippen LogP contribution in [0.5, 0.6) is 0 Å². The number of aromatic nitrogens is 2. The van der Waals surface area contributed by atoms with Crippen molar-refractivity contribution in [1.29, 1.82) is 0 Å². The van der Waals surface area contributed by atoms with E-state index in [-0.39, 0.29) is 11.3 Å². The number of alkyl halides is 3. The predicted octanol–water partition coefficient (Wildman–Crippen LogP) is 4.73. The average molecular weight is 298 g/mol. The minimum atomic E-state index is -4.34. The molecular weight excluding hydrogens is 281 g/mol. The minimum absolute atomic E-state index is 0.0456. The van der Waals surface area contributed by atoms with E-state index >= 15 is 0 Å². The van der Waals surface area contributed by atoms with Crippen molar-refractivity contribution in [1.82, 2.24) is 10.2 Å². The van der Waals surface area contributed by atoms with Gasteiger partial charge in [-0.05, 0) is 29.7 Å². The third-order valence-corrected chi connectivity index (χ3v) is 3.51. The molecule has 0 aliphatic heterocycles. The first kappa shape index (κ1) is 15.5. The van der Waals surface area contributed by atoms with Crippen LogP contribution in [0.25, 0.3) is 11.5 Å². The van der Waals surface area contributed by atoms with Gasteiger partial charge in [-0.15, -0.1) is 10.2 Å². The molecule has 0 saturated heterocycles. The van der Waals surface area contributed by atoms with Crippen molar-refractivity contribution in [2.75, 3.05) is 0 Å². The van der Waals surface area contributed by atoms with Crippen molar-refractivity contribution >= 4 is 0 Å². The van der Waals surface area contributed by atoms with Gasteiger partial charge in [0.05, 0.1) is 5.56 Å². The Kier molecular flexibility index (Phi) is 4.07. The molecule has 21 heavy (non-hydrogen) atoms. The van der Waals surface area contributed by atoms with Crippen LogP contribution in [0.2, 0.25) is 0 Å². The lowest BCUT2D eigenvalue weighted by atomic mass is 9.87. The molecule has 0 unspecified atom stereocenters. The summed E-state index contributed by atoms with van der Waals surface area (Å²) in [6.45, 7) is 6.26. The molecule has 0 atom stereocenters. The lowest BCUT2D eigenvalue weighted by Gasteiger charge is -2.19. The number of hydrogen-bond donors (Lipinski definition) is 0. The van der Waals surface area contributed by atoms with Crippen molar-refractivity contribution < 1.29 is 17.6 Å². The molecule has 1 heterocycles. The van der Waals surface area contributed by atoms with Crippen LogP contribution in [0.1, 0.15) is 38.6 Å². The zero-order valence-electron chi connectivity index (χ0n) is 12.2. The fourth-order valence-corrected chi connectivity index (χ4v) is 1.78. The molecule has 2 rings (SSSR count). The van der Waals surface area contributed by atoms with Gasteiger partial charge in [0.15, 0.2) is 0 Å². The molecule has 0 aliphatic rings. The maximum Gasteiger partial charge on any atom is 0.416 e. The number of hydrogen-bond acceptors (Lipinski definition) is 3. The molecule has 3 nitrogen and oxygen atoms in total. The van der Waals surface area contributed by atoms with Crippen LogP contribution in [0.3, 0.4) is 0 Å². The summed E-state index contributed by atoms with van der Waals surface area (Å²) in [5.41, 5.74) is -0.168. The second-order valence-corrected chi connectivity index (χ2v) is 5.77. The van der Waals surface area contributed by atoms with Crippen LogP contribution in [0.15, 0.2) is 28.7 Å². The van der Waals surface area contributed by atoms with Crippen molar-refractivity contribution in [3.8, 4) is 11.5 Å². The Morgan fingerprint density at radius 2 is 1.67 bits per heavy atom. The SMILES string of the molecule is CCC(C)(C)Cc1nnc(-c2ccc(C(F)(F)F)cc2)o1. The van der Waals surface area contributed by atoms with E-state index in [9.17, 15) is 13.2 Å². The van der Waals surface area contributed by atoms with Crippen molar-refractivity contribution in [3.63, 3.8) is 0 Å². The largest absolute Gasteiger partial charge is 0.421 e. The second kappa shape index (κ2) is 5.50. The first-order valence-corrected chi connectivity index (χ1v) is 6.71. The zero-order chi connectivity index (χ0) is 15.7. The van der Waals surface area contributed by atoms with Gasteiger partial charge in [0, 0.05) is 12.0 Å². The van der Waals surface area contributed by atoms with Crippen molar-refractivity contribution in [3.05, 3.63) is 35.7 Å². The van der Waals surface area contributed by atoms with Crippen LogP contribution in [0, 0.1) is 5.41 Å². The highest BCUT2D eigenvalue weighted by molar-refractivity contribution is 5.53. The van der Waals surface area contributed by atoms with E-state index in [4.69, 9.17) is 4.42 Å². The summed E-state index contributed by atoms with van der Waals surface area (Å²) in [6, 6.07) is 4.69. The van der Waals surface area contributed by atoms with Crippen LogP contribution < -0.4 is 0 Å². The van der Waals surface area contributed by atoms with E-state index in [1.807, 2.05) is 0 Å². The van der Waals surface area contributed by atoms with Gasteiger partial charge >= 0.3 is 6.18 Å². The molecular formula is C15H17F3N2O. The average Bonchev–Trinajstić information content (AvgIpc) is 2.86. The fourth-order valence-electron chi connectivity index (χ4n) is 1.78. The van der Waals surface area contributed by atoms with Crippen molar-refractivity contribution in [2.45, 2.75) is 39.8 Å². The molecule has 2 aromatic rings. The second-order valence-electron chi connectivity index (χ2n) is 5.77. The number of rotatable bonds is 4. The van der Waals surface area contributed by atoms with Gasteiger partial charge in [-0.25, -0.2) is 0 Å². The van der Waals surface area contributed by atoms with Gasteiger partial charge in [0.1, 0.15) is 0 Å². The van der Waals surface area contributed by atoms with Crippen molar-refractivity contribution in [2.24, 2.45) is 5.41 Å². The van der Waals surface area contributed by atoms with Gasteiger partial charge in [0.2, 0.25) is 11.8 Å². The lowest BCUT2D eigenvalue weighted by Crippen LogP contribution is -2.13. The Labute approximate surface area is 121 Å². The molecule has 0 N–H and O–H groups in total.